The van der Waals surface area contributed by atoms with Crippen molar-refractivity contribution >= 4 is 5.91 Å². The van der Waals surface area contributed by atoms with Crippen molar-refractivity contribution in [2.45, 2.75) is 33.2 Å². The third-order valence-corrected chi connectivity index (χ3v) is 3.47. The number of amides is 1. The van der Waals surface area contributed by atoms with Crippen LogP contribution in [0.1, 0.15) is 26.3 Å². The van der Waals surface area contributed by atoms with Crippen molar-refractivity contribution in [1.29, 1.82) is 0 Å². The van der Waals surface area contributed by atoms with E-state index in [9.17, 15) is 4.79 Å². The van der Waals surface area contributed by atoms with Gasteiger partial charge in [0.05, 0.1) is 13.7 Å². The van der Waals surface area contributed by atoms with Gasteiger partial charge >= 0.3 is 0 Å². The Labute approximate surface area is 139 Å². The van der Waals surface area contributed by atoms with Crippen LogP contribution in [0.3, 0.4) is 0 Å². The van der Waals surface area contributed by atoms with Crippen LogP contribution in [-0.2, 0) is 16.0 Å². The van der Waals surface area contributed by atoms with E-state index < -0.39 is 6.04 Å². The van der Waals surface area contributed by atoms with Gasteiger partial charge in [0, 0.05) is 20.2 Å². The van der Waals surface area contributed by atoms with Crippen molar-refractivity contribution in [3.63, 3.8) is 0 Å². The van der Waals surface area contributed by atoms with Crippen molar-refractivity contribution < 1.29 is 14.3 Å². The Morgan fingerprint density at radius 3 is 2.30 bits per heavy atom. The normalized spacial score (nSPS) is 12.8. The molecule has 0 aliphatic rings. The van der Waals surface area contributed by atoms with Gasteiger partial charge < -0.3 is 20.1 Å². The number of hydrogen-bond acceptors (Lipinski definition) is 4. The number of methoxy groups -OCH3 is 2. The molecule has 0 aliphatic heterocycles. The van der Waals surface area contributed by atoms with E-state index in [4.69, 9.17) is 15.2 Å². The van der Waals surface area contributed by atoms with E-state index in [1.54, 1.807) is 14.2 Å². The molecule has 0 heterocycles. The van der Waals surface area contributed by atoms with Gasteiger partial charge in [0.2, 0.25) is 5.91 Å². The van der Waals surface area contributed by atoms with Crippen molar-refractivity contribution in [2.75, 3.05) is 33.9 Å². The molecule has 0 aliphatic carbocycles. The predicted octanol–water partition coefficient (Wildman–Crippen LogP) is 2.09. The molecule has 130 valence electrons. The lowest BCUT2D eigenvalue weighted by Crippen LogP contribution is -2.49. The molecule has 5 heteroatoms. The van der Waals surface area contributed by atoms with Crippen LogP contribution in [-0.4, -0.2) is 50.8 Å². The van der Waals surface area contributed by atoms with E-state index in [-0.39, 0.29) is 17.9 Å². The second kappa shape index (κ2) is 8.89. The molecule has 1 atom stereocenters. The molecular formula is C18H30N2O3. The molecule has 23 heavy (non-hydrogen) atoms. The first kappa shape index (κ1) is 19.5. The monoisotopic (exact) mass is 322 g/mol. The van der Waals surface area contributed by atoms with E-state index in [0.717, 1.165) is 17.7 Å². The molecule has 0 spiro atoms. The number of ether oxygens (including phenoxy) is 2. The minimum absolute atomic E-state index is 0.0162. The first-order valence-corrected chi connectivity index (χ1v) is 7.93. The standard InChI is InChI=1S/C18H30N2O3/c1-18(2,3)13-20(17(21)16(19)12-22-4)11-10-14-6-8-15(23-5)9-7-14/h6-9,16H,10-13,19H2,1-5H3. The fourth-order valence-electron chi connectivity index (χ4n) is 2.38. The number of hydrogen-bond donors (Lipinski definition) is 1. The first-order chi connectivity index (χ1) is 10.8. The molecular weight excluding hydrogens is 292 g/mol. The maximum Gasteiger partial charge on any atom is 0.241 e. The quantitative estimate of drug-likeness (QED) is 0.796. The van der Waals surface area contributed by atoms with E-state index in [1.165, 1.54) is 0 Å². The Morgan fingerprint density at radius 2 is 1.83 bits per heavy atom. The summed E-state index contributed by atoms with van der Waals surface area (Å²) in [5.41, 5.74) is 7.10. The lowest BCUT2D eigenvalue weighted by atomic mass is 9.95. The molecule has 1 amide bonds. The van der Waals surface area contributed by atoms with Crippen LogP contribution in [0.5, 0.6) is 5.75 Å². The summed E-state index contributed by atoms with van der Waals surface area (Å²) >= 11 is 0. The highest BCUT2D eigenvalue weighted by molar-refractivity contribution is 5.81. The summed E-state index contributed by atoms with van der Waals surface area (Å²) in [4.78, 5) is 14.4. The molecule has 1 aromatic rings. The van der Waals surface area contributed by atoms with Crippen molar-refractivity contribution in [3.8, 4) is 5.75 Å². The van der Waals surface area contributed by atoms with E-state index in [2.05, 4.69) is 20.8 Å². The second-order valence-corrected chi connectivity index (χ2v) is 6.98. The van der Waals surface area contributed by atoms with Crippen LogP contribution in [0.15, 0.2) is 24.3 Å². The van der Waals surface area contributed by atoms with Gasteiger partial charge in [0.25, 0.3) is 0 Å². The molecule has 0 saturated heterocycles. The number of nitrogens with two attached hydrogens (primary N) is 1. The molecule has 0 bridgehead atoms. The number of carbonyl (C=O) groups excluding carboxylic acids is 1. The van der Waals surface area contributed by atoms with Crippen molar-refractivity contribution in [2.24, 2.45) is 11.1 Å². The molecule has 2 N–H and O–H groups in total. The minimum Gasteiger partial charge on any atom is -0.497 e. The SMILES string of the molecule is COCC(N)C(=O)N(CCc1ccc(OC)cc1)CC(C)(C)C. The van der Waals surface area contributed by atoms with Crippen LogP contribution >= 0.6 is 0 Å². The zero-order valence-corrected chi connectivity index (χ0v) is 15.0. The van der Waals surface area contributed by atoms with Gasteiger partial charge in [-0.3, -0.25) is 4.79 Å². The predicted molar refractivity (Wildman–Crippen MR) is 92.6 cm³/mol. The number of rotatable bonds is 8. The van der Waals surface area contributed by atoms with Gasteiger partial charge in [0.1, 0.15) is 11.8 Å². The summed E-state index contributed by atoms with van der Waals surface area (Å²) in [6, 6.07) is 7.30. The Kier molecular flexibility index (Phi) is 7.52. The number of carbonyl (C=O) groups is 1. The topological polar surface area (TPSA) is 64.8 Å². The van der Waals surface area contributed by atoms with Gasteiger partial charge in [-0.2, -0.15) is 0 Å². The Bertz CT molecular complexity index is 480. The Balaban J connectivity index is 2.73. The minimum atomic E-state index is -0.613. The van der Waals surface area contributed by atoms with Crippen LogP contribution in [0, 0.1) is 5.41 Å². The summed E-state index contributed by atoms with van der Waals surface area (Å²) in [6.45, 7) is 7.88. The second-order valence-electron chi connectivity index (χ2n) is 6.98. The van der Waals surface area contributed by atoms with Crippen molar-refractivity contribution in [3.05, 3.63) is 29.8 Å². The molecule has 1 unspecified atom stereocenters. The summed E-state index contributed by atoms with van der Waals surface area (Å²) in [6.07, 6.45) is 0.783. The molecule has 0 fully saturated rings. The van der Waals surface area contributed by atoms with E-state index in [0.29, 0.717) is 13.1 Å². The van der Waals surface area contributed by atoms with E-state index in [1.807, 2.05) is 29.2 Å². The van der Waals surface area contributed by atoms with E-state index >= 15 is 0 Å². The van der Waals surface area contributed by atoms with Gasteiger partial charge in [-0.15, -0.1) is 0 Å². The van der Waals surface area contributed by atoms with Crippen molar-refractivity contribution in [1.82, 2.24) is 4.90 Å². The average Bonchev–Trinajstić information content (AvgIpc) is 2.50. The smallest absolute Gasteiger partial charge is 0.241 e. The van der Waals surface area contributed by atoms with Crippen LogP contribution < -0.4 is 10.5 Å². The maximum atomic E-state index is 12.5. The highest BCUT2D eigenvalue weighted by Crippen LogP contribution is 2.17. The number of benzene rings is 1. The molecule has 0 saturated carbocycles. The maximum absolute atomic E-state index is 12.5. The molecule has 5 nitrogen and oxygen atoms in total. The summed E-state index contributed by atoms with van der Waals surface area (Å²) in [7, 11) is 3.20. The van der Waals surface area contributed by atoms with Gasteiger partial charge in [-0.25, -0.2) is 0 Å². The van der Waals surface area contributed by atoms with Gasteiger partial charge in [0.15, 0.2) is 0 Å². The van der Waals surface area contributed by atoms with Crippen LogP contribution in [0.4, 0.5) is 0 Å². The average molecular weight is 322 g/mol. The first-order valence-electron chi connectivity index (χ1n) is 7.93. The largest absolute Gasteiger partial charge is 0.497 e. The fraction of sp³-hybridized carbons (Fsp3) is 0.611. The molecule has 1 aromatic carbocycles. The lowest BCUT2D eigenvalue weighted by Gasteiger charge is -2.32. The number of nitrogens with zero attached hydrogens (tertiary/aromatic N) is 1. The zero-order valence-electron chi connectivity index (χ0n) is 15.0. The zero-order chi connectivity index (χ0) is 17.5. The third-order valence-electron chi connectivity index (χ3n) is 3.47. The summed E-state index contributed by atoms with van der Waals surface area (Å²) in [5, 5.41) is 0. The lowest BCUT2D eigenvalue weighted by molar-refractivity contribution is -0.135. The molecule has 0 radical (unpaired) electrons. The van der Waals surface area contributed by atoms with Gasteiger partial charge in [-0.05, 0) is 29.5 Å². The van der Waals surface area contributed by atoms with Gasteiger partial charge in [-0.1, -0.05) is 32.9 Å². The highest BCUT2D eigenvalue weighted by atomic mass is 16.5. The van der Waals surface area contributed by atoms with Crippen LogP contribution in [0.25, 0.3) is 0 Å². The molecule has 1 rings (SSSR count). The Morgan fingerprint density at radius 1 is 1.22 bits per heavy atom. The summed E-state index contributed by atoms with van der Waals surface area (Å²) < 4.78 is 10.2. The summed E-state index contributed by atoms with van der Waals surface area (Å²) in [5.74, 6) is 0.772. The Hall–Kier alpha value is -1.59. The van der Waals surface area contributed by atoms with Crippen LogP contribution in [0.2, 0.25) is 0 Å². The highest BCUT2D eigenvalue weighted by Gasteiger charge is 2.25. The third kappa shape index (κ3) is 7.01. The fourth-order valence-corrected chi connectivity index (χ4v) is 2.38. The molecule has 0 aromatic heterocycles.